The zero-order valence-corrected chi connectivity index (χ0v) is 15.6. The molecule has 0 atom stereocenters. The van der Waals surface area contributed by atoms with Gasteiger partial charge in [0.2, 0.25) is 0 Å². The average Bonchev–Trinajstić information content (AvgIpc) is 2.67. The maximum absolute atomic E-state index is 13.0. The van der Waals surface area contributed by atoms with Gasteiger partial charge in [0, 0.05) is 11.1 Å². The van der Waals surface area contributed by atoms with E-state index in [0.717, 1.165) is 5.56 Å². The van der Waals surface area contributed by atoms with Crippen LogP contribution in [0.25, 0.3) is 0 Å². The van der Waals surface area contributed by atoms with Crippen molar-refractivity contribution in [2.75, 3.05) is 4.72 Å². The predicted molar refractivity (Wildman–Crippen MR) is 103 cm³/mol. The molecule has 140 valence electrons. The number of phenols is 1. The van der Waals surface area contributed by atoms with E-state index in [1.165, 1.54) is 36.4 Å². The molecule has 28 heavy (non-hydrogen) atoms. The van der Waals surface area contributed by atoms with Gasteiger partial charge in [-0.15, -0.1) is 0 Å². The normalized spacial score (nSPS) is 13.0. The van der Waals surface area contributed by atoms with Gasteiger partial charge in [-0.25, -0.2) is 8.42 Å². The second-order valence-corrected chi connectivity index (χ2v) is 8.19. The molecule has 3 aromatic rings. The third kappa shape index (κ3) is 2.76. The van der Waals surface area contributed by atoms with Crippen LogP contribution in [0.4, 0.5) is 5.69 Å². The Morgan fingerprint density at radius 2 is 1.36 bits per heavy atom. The Bertz CT molecular complexity index is 1240. The Hall–Kier alpha value is -3.45. The smallest absolute Gasteiger partial charge is 0.261 e. The molecule has 1 aliphatic rings. The summed E-state index contributed by atoms with van der Waals surface area (Å²) in [6.07, 6.45) is 0. The number of hydrogen-bond acceptors (Lipinski definition) is 5. The van der Waals surface area contributed by atoms with E-state index in [-0.39, 0.29) is 38.6 Å². The first kappa shape index (κ1) is 17.9. The van der Waals surface area contributed by atoms with Crippen LogP contribution in [-0.4, -0.2) is 25.1 Å². The predicted octanol–water partition coefficient (Wildman–Crippen LogP) is 3.28. The second-order valence-electron chi connectivity index (χ2n) is 6.50. The van der Waals surface area contributed by atoms with Gasteiger partial charge < -0.3 is 5.11 Å². The number of rotatable bonds is 3. The van der Waals surface area contributed by atoms with Gasteiger partial charge in [-0.05, 0) is 31.2 Å². The third-order valence-corrected chi connectivity index (χ3v) is 6.01. The zero-order valence-electron chi connectivity index (χ0n) is 14.8. The SMILES string of the molecule is Cc1ccc(S(=O)(=O)Nc2ccc(O)c3c2C(=O)c2ccccc2C3=O)cc1. The molecule has 0 bridgehead atoms. The maximum Gasteiger partial charge on any atom is 0.261 e. The molecule has 0 unspecified atom stereocenters. The van der Waals surface area contributed by atoms with E-state index >= 15 is 0 Å². The first-order valence-corrected chi connectivity index (χ1v) is 9.92. The molecule has 0 saturated heterocycles. The van der Waals surface area contributed by atoms with Crippen molar-refractivity contribution in [1.82, 2.24) is 0 Å². The van der Waals surface area contributed by atoms with Crippen LogP contribution >= 0.6 is 0 Å². The van der Waals surface area contributed by atoms with Crippen molar-refractivity contribution in [2.45, 2.75) is 11.8 Å². The Kier molecular flexibility index (Phi) is 4.05. The number of carbonyl (C=O) groups is 2. The summed E-state index contributed by atoms with van der Waals surface area (Å²) in [5.74, 6) is -1.43. The number of benzene rings is 3. The van der Waals surface area contributed by atoms with Crippen molar-refractivity contribution in [2.24, 2.45) is 0 Å². The van der Waals surface area contributed by atoms with Crippen LogP contribution in [0.2, 0.25) is 0 Å². The highest BCUT2D eigenvalue weighted by Gasteiger charge is 2.34. The van der Waals surface area contributed by atoms with E-state index in [1.54, 1.807) is 24.3 Å². The number of hydrogen-bond donors (Lipinski definition) is 2. The lowest BCUT2D eigenvalue weighted by atomic mass is 9.83. The molecule has 1 aliphatic carbocycles. The molecule has 0 fully saturated rings. The molecule has 4 rings (SSSR count). The summed E-state index contributed by atoms with van der Waals surface area (Å²) in [4.78, 5) is 25.8. The maximum atomic E-state index is 13.0. The van der Waals surface area contributed by atoms with Gasteiger partial charge in [0.05, 0.1) is 21.7 Å². The highest BCUT2D eigenvalue weighted by molar-refractivity contribution is 7.92. The molecule has 6 nitrogen and oxygen atoms in total. The number of aromatic hydroxyl groups is 1. The minimum absolute atomic E-state index is 0.0231. The first-order valence-electron chi connectivity index (χ1n) is 8.43. The molecule has 0 radical (unpaired) electrons. The van der Waals surface area contributed by atoms with Crippen LogP contribution in [0.3, 0.4) is 0 Å². The Morgan fingerprint density at radius 3 is 1.96 bits per heavy atom. The lowest BCUT2D eigenvalue weighted by Crippen LogP contribution is -2.24. The van der Waals surface area contributed by atoms with E-state index in [1.807, 2.05) is 6.92 Å². The average molecular weight is 393 g/mol. The lowest BCUT2D eigenvalue weighted by Gasteiger charge is -2.21. The van der Waals surface area contributed by atoms with Gasteiger partial charge >= 0.3 is 0 Å². The Labute approximate surface area is 161 Å². The number of sulfonamides is 1. The van der Waals surface area contributed by atoms with E-state index < -0.39 is 21.6 Å². The van der Waals surface area contributed by atoms with E-state index in [4.69, 9.17) is 0 Å². The van der Waals surface area contributed by atoms with E-state index in [2.05, 4.69) is 4.72 Å². The van der Waals surface area contributed by atoms with Crippen molar-refractivity contribution < 1.29 is 23.1 Å². The number of aryl methyl sites for hydroxylation is 1. The topological polar surface area (TPSA) is 101 Å². The van der Waals surface area contributed by atoms with Gasteiger partial charge in [-0.3, -0.25) is 14.3 Å². The fraction of sp³-hybridized carbons (Fsp3) is 0.0476. The fourth-order valence-electron chi connectivity index (χ4n) is 3.21. The Morgan fingerprint density at radius 1 is 0.786 bits per heavy atom. The van der Waals surface area contributed by atoms with Gasteiger partial charge in [0.1, 0.15) is 5.75 Å². The van der Waals surface area contributed by atoms with Crippen LogP contribution < -0.4 is 4.72 Å². The zero-order chi connectivity index (χ0) is 20.1. The summed E-state index contributed by atoms with van der Waals surface area (Å²) in [7, 11) is -3.99. The van der Waals surface area contributed by atoms with Crippen LogP contribution in [0.15, 0.2) is 65.6 Å². The highest BCUT2D eigenvalue weighted by atomic mass is 32.2. The standard InChI is InChI=1S/C21H15NO5S/c1-12-6-8-13(9-7-12)28(26,27)22-16-10-11-17(23)19-18(16)20(24)14-4-2-3-5-15(14)21(19)25/h2-11,22-23H,1H3. The first-order chi connectivity index (χ1) is 13.3. The molecule has 0 amide bonds. The van der Waals surface area contributed by atoms with Gasteiger partial charge in [-0.1, -0.05) is 42.0 Å². The molecular formula is C21H15NO5S. The highest BCUT2D eigenvalue weighted by Crippen LogP contribution is 2.37. The quantitative estimate of drug-likeness (QED) is 0.520. The molecule has 7 heteroatoms. The van der Waals surface area contributed by atoms with Gasteiger partial charge in [0.15, 0.2) is 11.6 Å². The fourth-order valence-corrected chi connectivity index (χ4v) is 4.28. The summed E-state index contributed by atoms with van der Waals surface area (Å²) in [5, 5.41) is 10.2. The monoisotopic (exact) mass is 393 g/mol. The molecule has 0 spiro atoms. The van der Waals surface area contributed by atoms with Crippen molar-refractivity contribution in [3.05, 3.63) is 88.5 Å². The number of nitrogens with one attached hydrogen (secondary N) is 1. The van der Waals surface area contributed by atoms with Crippen molar-refractivity contribution >= 4 is 27.3 Å². The second kappa shape index (κ2) is 6.31. The van der Waals surface area contributed by atoms with Crippen LogP contribution in [0.5, 0.6) is 5.75 Å². The molecule has 0 aromatic heterocycles. The number of ketones is 2. The minimum Gasteiger partial charge on any atom is -0.507 e. The number of carbonyl (C=O) groups excluding carboxylic acids is 2. The molecule has 2 N–H and O–H groups in total. The van der Waals surface area contributed by atoms with Gasteiger partial charge in [-0.2, -0.15) is 0 Å². The number of anilines is 1. The van der Waals surface area contributed by atoms with Crippen molar-refractivity contribution in [1.29, 1.82) is 0 Å². The van der Waals surface area contributed by atoms with E-state index in [0.29, 0.717) is 0 Å². The van der Waals surface area contributed by atoms with Crippen LogP contribution in [-0.2, 0) is 10.0 Å². The number of fused-ring (bicyclic) bond motifs is 2. The van der Waals surface area contributed by atoms with Crippen LogP contribution in [0.1, 0.15) is 37.4 Å². The van der Waals surface area contributed by atoms with Crippen molar-refractivity contribution in [3.63, 3.8) is 0 Å². The van der Waals surface area contributed by atoms with Crippen molar-refractivity contribution in [3.8, 4) is 5.75 Å². The van der Waals surface area contributed by atoms with E-state index in [9.17, 15) is 23.1 Å². The lowest BCUT2D eigenvalue weighted by molar-refractivity contribution is 0.0977. The summed E-state index contributed by atoms with van der Waals surface area (Å²) in [6.45, 7) is 1.84. The summed E-state index contributed by atoms with van der Waals surface area (Å²) in [5.41, 5.74) is 0.835. The van der Waals surface area contributed by atoms with Gasteiger partial charge in [0.25, 0.3) is 10.0 Å². The largest absolute Gasteiger partial charge is 0.507 e. The summed E-state index contributed by atoms with van der Waals surface area (Å²) in [6, 6.07) is 14.9. The Balaban J connectivity index is 1.86. The molecule has 0 heterocycles. The molecule has 0 saturated carbocycles. The number of phenolic OH excluding ortho intramolecular Hbond substituents is 1. The minimum atomic E-state index is -3.99. The molecular weight excluding hydrogens is 378 g/mol. The van der Waals surface area contributed by atoms with Crippen LogP contribution in [0, 0.1) is 6.92 Å². The third-order valence-electron chi connectivity index (χ3n) is 4.63. The summed E-state index contributed by atoms with van der Waals surface area (Å²) >= 11 is 0. The molecule has 3 aromatic carbocycles. The summed E-state index contributed by atoms with van der Waals surface area (Å²) < 4.78 is 27.9. The molecule has 0 aliphatic heterocycles.